The Balaban J connectivity index is 1.39. The van der Waals surface area contributed by atoms with Crippen LogP contribution in [0.1, 0.15) is 17.1 Å². The molecule has 1 aromatic carbocycles. The number of nitrogens with zero attached hydrogens (tertiary/aromatic N) is 2. The molecule has 0 bridgehead atoms. The van der Waals surface area contributed by atoms with Crippen molar-refractivity contribution >= 4 is 10.0 Å². The zero-order chi connectivity index (χ0) is 16.7. The molecule has 24 heavy (non-hydrogen) atoms. The zero-order valence-electron chi connectivity index (χ0n) is 13.8. The van der Waals surface area contributed by atoms with E-state index in [0.29, 0.717) is 25.0 Å². The Bertz CT molecular complexity index is 816. The number of sulfonamides is 1. The van der Waals surface area contributed by atoms with Gasteiger partial charge < -0.3 is 4.42 Å². The van der Waals surface area contributed by atoms with Crippen LogP contribution in [0, 0.1) is 12.8 Å². The first-order valence-electron chi connectivity index (χ1n) is 8.32. The van der Waals surface area contributed by atoms with Crippen molar-refractivity contribution in [3.8, 4) is 0 Å². The van der Waals surface area contributed by atoms with Gasteiger partial charge in [-0.05, 0) is 24.6 Å². The van der Waals surface area contributed by atoms with Crippen molar-refractivity contribution in [2.75, 3.05) is 19.6 Å². The third-order valence-corrected chi connectivity index (χ3v) is 6.83. The van der Waals surface area contributed by atoms with Crippen LogP contribution in [0.2, 0.25) is 0 Å². The third-order valence-electron chi connectivity index (χ3n) is 5.05. The molecule has 0 saturated carbocycles. The van der Waals surface area contributed by atoms with Gasteiger partial charge in [-0.25, -0.2) is 8.42 Å². The van der Waals surface area contributed by atoms with Crippen molar-refractivity contribution in [2.24, 2.45) is 5.92 Å². The number of hydrogen-bond donors (Lipinski definition) is 0. The van der Waals surface area contributed by atoms with Gasteiger partial charge in [0.1, 0.15) is 11.5 Å². The van der Waals surface area contributed by atoms with Gasteiger partial charge in [-0.2, -0.15) is 4.31 Å². The molecule has 0 amide bonds. The number of furan rings is 1. The van der Waals surface area contributed by atoms with Gasteiger partial charge in [-0.1, -0.05) is 30.3 Å². The molecular weight excluding hydrogens is 324 g/mol. The van der Waals surface area contributed by atoms with Gasteiger partial charge in [-0.3, -0.25) is 4.90 Å². The molecule has 2 aliphatic heterocycles. The maximum Gasteiger partial charge on any atom is 0.218 e. The predicted octanol–water partition coefficient (Wildman–Crippen LogP) is 2.23. The summed E-state index contributed by atoms with van der Waals surface area (Å²) in [4.78, 5) is 2.32. The van der Waals surface area contributed by atoms with E-state index in [1.165, 1.54) is 0 Å². The lowest BCUT2D eigenvalue weighted by molar-refractivity contribution is 0.0369. The summed E-state index contributed by atoms with van der Waals surface area (Å²) in [6.45, 7) is 4.90. The number of hydrogen-bond acceptors (Lipinski definition) is 4. The Labute approximate surface area is 142 Å². The van der Waals surface area contributed by atoms with Crippen LogP contribution >= 0.6 is 0 Å². The van der Waals surface area contributed by atoms with Crippen LogP contribution in [0.3, 0.4) is 0 Å². The Hall–Kier alpha value is -1.63. The van der Waals surface area contributed by atoms with Crippen LogP contribution in [0.5, 0.6) is 0 Å². The van der Waals surface area contributed by atoms with Gasteiger partial charge in [0.2, 0.25) is 10.0 Å². The minimum atomic E-state index is -3.25. The smallest absolute Gasteiger partial charge is 0.218 e. The lowest BCUT2D eigenvalue weighted by atomic mass is 9.92. The molecule has 3 heterocycles. The van der Waals surface area contributed by atoms with E-state index < -0.39 is 10.0 Å². The average molecular weight is 346 g/mol. The van der Waals surface area contributed by atoms with Crippen LogP contribution in [0.15, 0.2) is 46.9 Å². The fraction of sp³-hybridized carbons (Fsp3) is 0.444. The van der Waals surface area contributed by atoms with Crippen molar-refractivity contribution in [3.63, 3.8) is 0 Å². The second kappa shape index (κ2) is 6.02. The summed E-state index contributed by atoms with van der Waals surface area (Å²) >= 11 is 0. The third kappa shape index (κ3) is 3.01. The Morgan fingerprint density at radius 2 is 1.88 bits per heavy atom. The van der Waals surface area contributed by atoms with Gasteiger partial charge in [0.05, 0.1) is 12.3 Å². The Morgan fingerprint density at radius 1 is 1.08 bits per heavy atom. The average Bonchev–Trinajstić information content (AvgIpc) is 3.09. The number of fused-ring (bicyclic) bond motifs is 1. The van der Waals surface area contributed by atoms with E-state index in [9.17, 15) is 8.42 Å². The molecule has 2 saturated heterocycles. The van der Waals surface area contributed by atoms with Crippen molar-refractivity contribution in [1.29, 1.82) is 0 Å². The SMILES string of the molecule is Cc1ccc(CN2C[C@@H]3CN(S(=O)(=O)Cc4ccccc4)C[C@@H]32)o1. The molecule has 2 aromatic rings. The topological polar surface area (TPSA) is 53.8 Å². The zero-order valence-corrected chi connectivity index (χ0v) is 14.6. The molecule has 128 valence electrons. The van der Waals surface area contributed by atoms with Crippen LogP contribution in [-0.4, -0.2) is 43.3 Å². The van der Waals surface area contributed by atoms with Gasteiger partial charge in [0, 0.05) is 31.6 Å². The summed E-state index contributed by atoms with van der Waals surface area (Å²) in [5.74, 6) is 2.41. The summed E-state index contributed by atoms with van der Waals surface area (Å²) in [6.07, 6.45) is 0. The summed E-state index contributed by atoms with van der Waals surface area (Å²) in [5.41, 5.74) is 0.847. The molecule has 0 unspecified atom stereocenters. The van der Waals surface area contributed by atoms with E-state index in [1.807, 2.05) is 49.4 Å². The van der Waals surface area contributed by atoms with Crippen LogP contribution in [0.4, 0.5) is 0 Å². The maximum absolute atomic E-state index is 12.7. The van der Waals surface area contributed by atoms with E-state index in [4.69, 9.17) is 4.42 Å². The fourth-order valence-electron chi connectivity index (χ4n) is 3.76. The van der Waals surface area contributed by atoms with Gasteiger partial charge in [-0.15, -0.1) is 0 Å². The fourth-order valence-corrected chi connectivity index (χ4v) is 5.36. The standard InChI is InChI=1S/C18H22N2O3S/c1-14-7-8-17(23-14)11-19-9-16-10-20(12-18(16)19)24(21,22)13-15-5-3-2-4-6-15/h2-8,16,18H,9-13H2,1H3/t16-,18+/m1/s1. The molecule has 0 aliphatic carbocycles. The molecule has 0 N–H and O–H groups in total. The first-order chi connectivity index (χ1) is 11.5. The van der Waals surface area contributed by atoms with Crippen molar-refractivity contribution in [3.05, 3.63) is 59.5 Å². The van der Waals surface area contributed by atoms with Crippen LogP contribution in [0.25, 0.3) is 0 Å². The lowest BCUT2D eigenvalue weighted by Gasteiger charge is -2.43. The molecule has 2 fully saturated rings. The molecule has 2 aliphatic rings. The molecule has 5 nitrogen and oxygen atoms in total. The second-order valence-electron chi connectivity index (χ2n) is 6.83. The van der Waals surface area contributed by atoms with Gasteiger partial charge in [0.25, 0.3) is 0 Å². The summed E-state index contributed by atoms with van der Waals surface area (Å²) < 4.78 is 32.7. The first-order valence-corrected chi connectivity index (χ1v) is 9.93. The van der Waals surface area contributed by atoms with Crippen molar-refractivity contribution < 1.29 is 12.8 Å². The molecular formula is C18H22N2O3S. The minimum Gasteiger partial charge on any atom is -0.465 e. The van der Waals surface area contributed by atoms with Crippen LogP contribution < -0.4 is 0 Å². The van der Waals surface area contributed by atoms with E-state index >= 15 is 0 Å². The highest BCUT2D eigenvalue weighted by atomic mass is 32.2. The minimum absolute atomic E-state index is 0.0880. The Morgan fingerprint density at radius 3 is 2.58 bits per heavy atom. The van der Waals surface area contributed by atoms with E-state index in [2.05, 4.69) is 4.90 Å². The molecule has 0 spiro atoms. The van der Waals surface area contributed by atoms with Crippen LogP contribution in [-0.2, 0) is 22.3 Å². The van der Waals surface area contributed by atoms with E-state index in [0.717, 1.165) is 30.2 Å². The van der Waals surface area contributed by atoms with Crippen molar-refractivity contribution in [1.82, 2.24) is 9.21 Å². The molecule has 4 rings (SSSR count). The largest absolute Gasteiger partial charge is 0.465 e. The highest BCUT2D eigenvalue weighted by Crippen LogP contribution is 2.35. The van der Waals surface area contributed by atoms with Gasteiger partial charge >= 0.3 is 0 Å². The molecule has 6 heteroatoms. The highest BCUT2D eigenvalue weighted by molar-refractivity contribution is 7.88. The predicted molar refractivity (Wildman–Crippen MR) is 91.8 cm³/mol. The number of likely N-dealkylation sites (tertiary alicyclic amines) is 1. The number of aryl methyl sites for hydroxylation is 1. The summed E-state index contributed by atoms with van der Waals surface area (Å²) in [7, 11) is -3.25. The normalized spacial score (nSPS) is 24.7. The molecule has 2 atom stereocenters. The van der Waals surface area contributed by atoms with E-state index in [1.54, 1.807) is 4.31 Å². The second-order valence-corrected chi connectivity index (χ2v) is 8.80. The first kappa shape index (κ1) is 15.9. The molecule has 1 aromatic heterocycles. The number of rotatable bonds is 5. The Kier molecular flexibility index (Phi) is 3.98. The maximum atomic E-state index is 12.7. The molecule has 0 radical (unpaired) electrons. The monoisotopic (exact) mass is 346 g/mol. The van der Waals surface area contributed by atoms with Gasteiger partial charge in [0.15, 0.2) is 0 Å². The highest BCUT2D eigenvalue weighted by Gasteiger charge is 2.48. The quantitative estimate of drug-likeness (QED) is 0.833. The van der Waals surface area contributed by atoms with Crippen molar-refractivity contribution in [2.45, 2.75) is 25.3 Å². The van der Waals surface area contributed by atoms with E-state index in [-0.39, 0.29) is 5.75 Å². The number of benzene rings is 1. The summed E-state index contributed by atoms with van der Waals surface area (Å²) in [6, 6.07) is 13.7. The summed E-state index contributed by atoms with van der Waals surface area (Å²) in [5, 5.41) is 0. The lowest BCUT2D eigenvalue weighted by Crippen LogP contribution is -2.54.